The molecule has 0 radical (unpaired) electrons. The zero-order chi connectivity index (χ0) is 36.6. The fourth-order valence-electron chi connectivity index (χ4n) is 9.10. The molecule has 0 spiro atoms. The first-order valence-electron chi connectivity index (χ1n) is 17.8. The molecule has 12 aliphatic heterocycles. The summed E-state index contributed by atoms with van der Waals surface area (Å²) in [5, 5.41) is 82.7. The lowest BCUT2D eigenvalue weighted by atomic mass is 9.78. The molecule has 52 heavy (non-hydrogen) atoms. The lowest BCUT2D eigenvalue weighted by molar-refractivity contribution is -0.480. The third-order valence-electron chi connectivity index (χ3n) is 12.1. The van der Waals surface area contributed by atoms with Gasteiger partial charge in [-0.15, -0.1) is 0 Å². The highest BCUT2D eigenvalue weighted by Crippen LogP contribution is 2.51. The Labute approximate surface area is 298 Å². The first-order chi connectivity index (χ1) is 25.0. The molecule has 8 bridgehead atoms. The zero-order valence-corrected chi connectivity index (χ0v) is 28.6. The van der Waals surface area contributed by atoms with Crippen LogP contribution in [0.5, 0.6) is 0 Å². The summed E-state index contributed by atoms with van der Waals surface area (Å²) in [6, 6.07) is 0. The fraction of sp³-hybridized carbons (Fsp3) is 1.00. The van der Waals surface area contributed by atoms with Crippen molar-refractivity contribution in [1.82, 2.24) is 0 Å². The van der Waals surface area contributed by atoms with Crippen LogP contribution in [0.1, 0.15) is 6.42 Å². The molecule has 12 aliphatic rings. The maximum absolute atomic E-state index is 11.1. The van der Waals surface area contributed by atoms with Crippen molar-refractivity contribution in [3.05, 3.63) is 0 Å². The molecule has 12 saturated heterocycles. The van der Waals surface area contributed by atoms with Crippen LogP contribution in [0.25, 0.3) is 0 Å². The summed E-state index contributed by atoms with van der Waals surface area (Å²) in [6.07, 6.45) is -9.06. The van der Waals surface area contributed by atoms with E-state index >= 15 is 0 Å². The summed E-state index contributed by atoms with van der Waals surface area (Å²) in [4.78, 5) is 0. The van der Waals surface area contributed by atoms with Crippen LogP contribution in [0.3, 0.4) is 0 Å². The maximum atomic E-state index is 11.1. The van der Waals surface area contributed by atoms with Crippen LogP contribution in [0.4, 0.5) is 0 Å². The SMILES string of the molecule is COCC1OC2(CO)OC(C1O)C2COCC1OC2(CO)OC(C1O)C2COCC1OC2(CO)OC(C1O)C2COCC1CC2OC(CO)(O1)C2O. The van der Waals surface area contributed by atoms with E-state index in [1.807, 2.05) is 0 Å². The topological polar surface area (TPSA) is 273 Å². The molecular formula is C32H50O20. The van der Waals surface area contributed by atoms with Gasteiger partial charge in [0, 0.05) is 13.5 Å². The summed E-state index contributed by atoms with van der Waals surface area (Å²) >= 11 is 0. The van der Waals surface area contributed by atoms with Gasteiger partial charge in [-0.05, 0) is 0 Å². The number of aliphatic hydroxyl groups is 8. The lowest BCUT2D eigenvalue weighted by Crippen LogP contribution is -2.77. The molecule has 0 amide bonds. The minimum absolute atomic E-state index is 0.0132. The molecule has 19 atom stereocenters. The number of rotatable bonds is 18. The monoisotopic (exact) mass is 754 g/mol. The summed E-state index contributed by atoms with van der Waals surface area (Å²) in [5.41, 5.74) is 0. The predicted octanol–water partition coefficient (Wildman–Crippen LogP) is -5.69. The number of aliphatic hydroxyl groups excluding tert-OH is 8. The van der Waals surface area contributed by atoms with Crippen LogP contribution in [0.15, 0.2) is 0 Å². The van der Waals surface area contributed by atoms with Crippen molar-refractivity contribution in [1.29, 1.82) is 0 Å². The van der Waals surface area contributed by atoms with E-state index < -0.39 is 141 Å². The van der Waals surface area contributed by atoms with Crippen molar-refractivity contribution in [2.45, 2.75) is 103 Å². The van der Waals surface area contributed by atoms with Gasteiger partial charge in [-0.25, -0.2) is 0 Å². The second-order valence-corrected chi connectivity index (χ2v) is 15.0. The largest absolute Gasteiger partial charge is 0.391 e. The van der Waals surface area contributed by atoms with Crippen molar-refractivity contribution in [2.75, 3.05) is 79.8 Å². The second-order valence-electron chi connectivity index (χ2n) is 15.0. The van der Waals surface area contributed by atoms with Crippen molar-refractivity contribution in [3.8, 4) is 0 Å². The molecule has 0 aromatic heterocycles. The van der Waals surface area contributed by atoms with Gasteiger partial charge in [-0.2, -0.15) is 0 Å². The van der Waals surface area contributed by atoms with E-state index in [-0.39, 0.29) is 46.2 Å². The molecule has 0 aromatic rings. The van der Waals surface area contributed by atoms with Crippen molar-refractivity contribution >= 4 is 0 Å². The first-order valence-corrected chi connectivity index (χ1v) is 17.8. The normalized spacial score (nSPS) is 54.1. The van der Waals surface area contributed by atoms with Crippen LogP contribution in [0, 0.1) is 17.8 Å². The van der Waals surface area contributed by atoms with E-state index in [2.05, 4.69) is 0 Å². The van der Waals surface area contributed by atoms with Crippen LogP contribution in [-0.4, -0.2) is 217 Å². The second kappa shape index (κ2) is 14.3. The van der Waals surface area contributed by atoms with Crippen molar-refractivity contribution in [3.63, 3.8) is 0 Å². The Morgan fingerprint density at radius 3 is 1.27 bits per heavy atom. The van der Waals surface area contributed by atoms with E-state index in [1.165, 1.54) is 7.11 Å². The molecule has 0 aliphatic carbocycles. The molecule has 8 N–H and O–H groups in total. The summed E-state index contributed by atoms with van der Waals surface area (Å²) < 4.78 is 68.8. The van der Waals surface area contributed by atoms with Gasteiger partial charge in [0.2, 0.25) is 5.79 Å². The molecule has 12 fully saturated rings. The minimum atomic E-state index is -1.46. The number of methoxy groups -OCH3 is 1. The number of hydrogen-bond acceptors (Lipinski definition) is 20. The van der Waals surface area contributed by atoms with E-state index in [9.17, 15) is 40.9 Å². The predicted molar refractivity (Wildman–Crippen MR) is 162 cm³/mol. The number of fused-ring (bicyclic) bond motifs is 8. The Morgan fingerprint density at radius 2 is 0.885 bits per heavy atom. The summed E-state index contributed by atoms with van der Waals surface area (Å²) in [7, 11) is 1.48. The lowest BCUT2D eigenvalue weighted by Gasteiger charge is -2.62. The Morgan fingerprint density at radius 1 is 0.481 bits per heavy atom. The average molecular weight is 755 g/mol. The van der Waals surface area contributed by atoms with Gasteiger partial charge in [0.05, 0.1) is 114 Å². The summed E-state index contributed by atoms with van der Waals surface area (Å²) in [5.74, 6) is -7.16. The fourth-order valence-corrected chi connectivity index (χ4v) is 9.10. The van der Waals surface area contributed by atoms with Crippen molar-refractivity contribution < 1.29 is 97.7 Å². The van der Waals surface area contributed by atoms with E-state index in [1.54, 1.807) is 0 Å². The van der Waals surface area contributed by atoms with Crippen LogP contribution in [-0.2, 0) is 56.8 Å². The molecule has 20 nitrogen and oxygen atoms in total. The van der Waals surface area contributed by atoms with Crippen molar-refractivity contribution in [2.24, 2.45) is 17.8 Å². The van der Waals surface area contributed by atoms with Gasteiger partial charge in [0.1, 0.15) is 49.3 Å². The average Bonchev–Trinajstić information content (AvgIpc) is 3.14. The molecule has 0 aromatic carbocycles. The summed E-state index contributed by atoms with van der Waals surface area (Å²) in [6.45, 7) is -1.75. The zero-order valence-electron chi connectivity index (χ0n) is 28.6. The molecule has 19 unspecified atom stereocenters. The third-order valence-corrected chi connectivity index (χ3v) is 12.1. The minimum Gasteiger partial charge on any atom is -0.391 e. The molecule has 0 saturated carbocycles. The van der Waals surface area contributed by atoms with Gasteiger partial charge in [0.15, 0.2) is 17.4 Å². The Bertz CT molecular complexity index is 1270. The quantitative estimate of drug-likeness (QED) is 0.0648. The van der Waals surface area contributed by atoms with Crippen LogP contribution in [0.2, 0.25) is 0 Å². The Hall–Kier alpha value is -0.800. The molecule has 12 heterocycles. The van der Waals surface area contributed by atoms with Gasteiger partial charge >= 0.3 is 0 Å². The number of hydrogen-bond donors (Lipinski definition) is 8. The van der Waals surface area contributed by atoms with Crippen LogP contribution >= 0.6 is 0 Å². The molecule has 20 heteroatoms. The van der Waals surface area contributed by atoms with Crippen LogP contribution < -0.4 is 0 Å². The van der Waals surface area contributed by atoms with Gasteiger partial charge in [0.25, 0.3) is 0 Å². The van der Waals surface area contributed by atoms with Gasteiger partial charge < -0.3 is 97.7 Å². The molecular weight excluding hydrogens is 704 g/mol. The first kappa shape index (κ1) is 38.1. The van der Waals surface area contributed by atoms with Gasteiger partial charge in [-0.3, -0.25) is 0 Å². The van der Waals surface area contributed by atoms with E-state index in [0.29, 0.717) is 6.42 Å². The van der Waals surface area contributed by atoms with E-state index in [0.717, 1.165) is 0 Å². The smallest absolute Gasteiger partial charge is 0.221 e. The van der Waals surface area contributed by atoms with Gasteiger partial charge in [-0.1, -0.05) is 0 Å². The highest BCUT2D eigenvalue weighted by Gasteiger charge is 2.69. The van der Waals surface area contributed by atoms with E-state index in [4.69, 9.17) is 56.8 Å². The Kier molecular flexibility index (Phi) is 10.5. The highest BCUT2D eigenvalue weighted by atomic mass is 16.8. The maximum Gasteiger partial charge on any atom is 0.221 e. The standard InChI is InChI=1S/C32H50O20/c1-41-7-19-22(37)25-16(29(10-33,47-19)50-25)5-43-9-21-24(39)27-17(31(12-35,49-21)52-27)6-44-8-20-23(38)26-15(30(11-34,48-20)51-26)4-42-3-14-2-18-28(40)32(13-36,45-14)46-18/h14-28,33-40H,2-13H2,1H3. The Balaban J connectivity index is 0.784. The molecule has 12 rings (SSSR count). The third kappa shape index (κ3) is 5.82. The highest BCUT2D eigenvalue weighted by molar-refractivity contribution is 5.09. The number of ether oxygens (including phenoxy) is 12. The molecule has 298 valence electrons.